The molecular weight excluding hydrogens is 379 g/mol. The van der Waals surface area contributed by atoms with E-state index in [0.717, 1.165) is 0 Å². The molecule has 1 aromatic heterocycles. The average Bonchev–Trinajstić information content (AvgIpc) is 2.96. The highest BCUT2D eigenvalue weighted by Gasteiger charge is 2.28. The summed E-state index contributed by atoms with van der Waals surface area (Å²) in [5.41, 5.74) is 0.486. The molecule has 0 bridgehead atoms. The Morgan fingerprint density at radius 3 is 2.42 bits per heavy atom. The molecule has 1 saturated heterocycles. The summed E-state index contributed by atoms with van der Waals surface area (Å²) >= 11 is 12.4. The Hall–Kier alpha value is -2.12. The van der Waals surface area contributed by atoms with Crippen LogP contribution in [-0.2, 0) is 4.79 Å². The summed E-state index contributed by atoms with van der Waals surface area (Å²) < 4.78 is 1.47. The summed E-state index contributed by atoms with van der Waals surface area (Å²) in [4.78, 5) is 29.4. The number of carbonyl (C=O) groups excluding carboxylic acids is 1. The molecule has 0 aliphatic carbocycles. The van der Waals surface area contributed by atoms with Crippen LogP contribution in [-0.4, -0.2) is 49.7 Å². The number of rotatable bonds is 4. The van der Waals surface area contributed by atoms with Crippen LogP contribution in [0.1, 0.15) is 35.7 Å². The number of hydrogen-bond acceptors (Lipinski definition) is 4. The van der Waals surface area contributed by atoms with Gasteiger partial charge in [0.05, 0.1) is 10.0 Å². The Balaban J connectivity index is 1.77. The minimum Gasteiger partial charge on any atom is -0.481 e. The summed E-state index contributed by atoms with van der Waals surface area (Å²) in [6.45, 7) is 2.72. The lowest BCUT2D eigenvalue weighted by Crippen LogP contribution is -2.39. The molecule has 1 fully saturated rings. The number of amides is 1. The van der Waals surface area contributed by atoms with Crippen molar-refractivity contribution in [2.75, 3.05) is 13.1 Å². The van der Waals surface area contributed by atoms with E-state index < -0.39 is 5.97 Å². The number of para-hydroxylation sites is 1. The SMILES string of the molecule is Cc1nc(C(=O)N2CCC(CC(=O)O)CC2)nn1-c1c(Cl)cccc1Cl. The quantitative estimate of drug-likeness (QED) is 0.856. The van der Waals surface area contributed by atoms with Crippen molar-refractivity contribution < 1.29 is 14.7 Å². The highest BCUT2D eigenvalue weighted by molar-refractivity contribution is 6.37. The molecule has 1 aliphatic rings. The lowest BCUT2D eigenvalue weighted by Gasteiger charge is -2.30. The third-order valence-electron chi connectivity index (χ3n) is 4.47. The van der Waals surface area contributed by atoms with Gasteiger partial charge in [-0.2, -0.15) is 0 Å². The van der Waals surface area contributed by atoms with E-state index in [4.69, 9.17) is 28.3 Å². The van der Waals surface area contributed by atoms with Crippen molar-refractivity contribution in [2.24, 2.45) is 5.92 Å². The lowest BCUT2D eigenvalue weighted by molar-refractivity contribution is -0.138. The maximum atomic E-state index is 12.7. The summed E-state index contributed by atoms with van der Waals surface area (Å²) in [6.07, 6.45) is 1.46. The highest BCUT2D eigenvalue weighted by atomic mass is 35.5. The molecule has 0 unspecified atom stereocenters. The summed E-state index contributed by atoms with van der Waals surface area (Å²) in [6, 6.07) is 5.12. The van der Waals surface area contributed by atoms with Gasteiger partial charge >= 0.3 is 5.97 Å². The number of carboxylic acid groups (broad SMARTS) is 1. The Kier molecular flexibility index (Phi) is 5.48. The Morgan fingerprint density at radius 1 is 1.23 bits per heavy atom. The number of aromatic nitrogens is 3. The van der Waals surface area contributed by atoms with E-state index in [1.807, 2.05) is 0 Å². The smallest absolute Gasteiger partial charge is 0.303 e. The number of carboxylic acids is 1. The van der Waals surface area contributed by atoms with Gasteiger partial charge in [-0.3, -0.25) is 9.59 Å². The molecule has 1 N–H and O–H groups in total. The van der Waals surface area contributed by atoms with Crippen molar-refractivity contribution in [3.8, 4) is 5.69 Å². The first-order valence-corrected chi connectivity index (χ1v) is 9.01. The van der Waals surface area contributed by atoms with E-state index in [1.165, 1.54) is 4.68 Å². The van der Waals surface area contributed by atoms with Gasteiger partial charge < -0.3 is 10.0 Å². The fraction of sp³-hybridized carbons (Fsp3) is 0.412. The van der Waals surface area contributed by atoms with Gasteiger partial charge in [-0.05, 0) is 37.8 Å². The van der Waals surface area contributed by atoms with Gasteiger partial charge in [0.2, 0.25) is 5.82 Å². The monoisotopic (exact) mass is 396 g/mol. The molecule has 26 heavy (non-hydrogen) atoms. The van der Waals surface area contributed by atoms with E-state index in [2.05, 4.69) is 10.1 Å². The predicted octanol–water partition coefficient (Wildman–Crippen LogP) is 3.21. The maximum Gasteiger partial charge on any atom is 0.303 e. The Morgan fingerprint density at radius 2 is 1.85 bits per heavy atom. The molecular formula is C17H18Cl2N4O3. The Labute approximate surface area is 160 Å². The van der Waals surface area contributed by atoms with Crippen LogP contribution in [0.5, 0.6) is 0 Å². The van der Waals surface area contributed by atoms with E-state index in [-0.39, 0.29) is 24.1 Å². The third-order valence-corrected chi connectivity index (χ3v) is 5.08. The van der Waals surface area contributed by atoms with Crippen molar-refractivity contribution in [3.63, 3.8) is 0 Å². The molecule has 1 aromatic carbocycles. The number of likely N-dealkylation sites (tertiary alicyclic amines) is 1. The minimum atomic E-state index is -0.803. The van der Waals surface area contributed by atoms with Crippen LogP contribution < -0.4 is 0 Å². The van der Waals surface area contributed by atoms with Crippen molar-refractivity contribution in [3.05, 3.63) is 39.9 Å². The molecule has 7 nitrogen and oxygen atoms in total. The largest absolute Gasteiger partial charge is 0.481 e. The number of piperidine rings is 1. The Bertz CT molecular complexity index is 824. The van der Waals surface area contributed by atoms with Crippen LogP contribution in [0.2, 0.25) is 10.0 Å². The van der Waals surface area contributed by atoms with Crippen LogP contribution >= 0.6 is 23.2 Å². The molecule has 3 rings (SSSR count). The van der Waals surface area contributed by atoms with Gasteiger partial charge in [-0.15, -0.1) is 5.10 Å². The van der Waals surface area contributed by atoms with Gasteiger partial charge in [0.15, 0.2) is 0 Å². The molecule has 0 saturated carbocycles. The molecule has 0 atom stereocenters. The van der Waals surface area contributed by atoms with Gasteiger partial charge in [-0.25, -0.2) is 9.67 Å². The topological polar surface area (TPSA) is 88.3 Å². The average molecular weight is 397 g/mol. The van der Waals surface area contributed by atoms with Gasteiger partial charge in [0.25, 0.3) is 5.91 Å². The lowest BCUT2D eigenvalue weighted by atomic mass is 9.93. The second-order valence-corrected chi connectivity index (χ2v) is 7.11. The maximum absolute atomic E-state index is 12.7. The van der Waals surface area contributed by atoms with Crippen molar-refractivity contribution in [2.45, 2.75) is 26.2 Å². The second-order valence-electron chi connectivity index (χ2n) is 6.30. The number of halogens is 2. The zero-order valence-electron chi connectivity index (χ0n) is 14.2. The number of nitrogens with zero attached hydrogens (tertiary/aromatic N) is 4. The summed E-state index contributed by atoms with van der Waals surface area (Å²) in [5, 5.41) is 14.0. The number of carbonyl (C=O) groups is 2. The van der Waals surface area contributed by atoms with Crippen molar-refractivity contribution >= 4 is 35.1 Å². The first-order valence-electron chi connectivity index (χ1n) is 8.26. The molecule has 138 valence electrons. The van der Waals surface area contributed by atoms with E-state index in [0.29, 0.717) is 47.5 Å². The number of aliphatic carboxylic acids is 1. The first-order chi connectivity index (χ1) is 12.4. The van der Waals surface area contributed by atoms with Crippen LogP contribution in [0.3, 0.4) is 0 Å². The summed E-state index contributed by atoms with van der Waals surface area (Å²) in [5.74, 6) is -0.392. The van der Waals surface area contributed by atoms with Gasteiger partial charge in [0.1, 0.15) is 11.5 Å². The highest BCUT2D eigenvalue weighted by Crippen LogP contribution is 2.29. The van der Waals surface area contributed by atoms with Crippen LogP contribution in [0, 0.1) is 12.8 Å². The first kappa shape index (κ1) is 18.7. The van der Waals surface area contributed by atoms with E-state index in [1.54, 1.807) is 30.0 Å². The van der Waals surface area contributed by atoms with Gasteiger partial charge in [-0.1, -0.05) is 29.3 Å². The molecule has 2 aromatic rings. The summed E-state index contributed by atoms with van der Waals surface area (Å²) in [7, 11) is 0. The minimum absolute atomic E-state index is 0.0789. The molecule has 2 heterocycles. The fourth-order valence-corrected chi connectivity index (χ4v) is 3.67. The van der Waals surface area contributed by atoms with E-state index >= 15 is 0 Å². The van der Waals surface area contributed by atoms with Gasteiger partial charge in [0, 0.05) is 19.5 Å². The zero-order chi connectivity index (χ0) is 18.8. The zero-order valence-corrected chi connectivity index (χ0v) is 15.7. The fourth-order valence-electron chi connectivity index (χ4n) is 3.11. The normalized spacial score (nSPS) is 15.3. The molecule has 9 heteroatoms. The molecule has 1 aliphatic heterocycles. The van der Waals surface area contributed by atoms with Crippen LogP contribution in [0.4, 0.5) is 0 Å². The number of benzene rings is 1. The second kappa shape index (κ2) is 7.63. The van der Waals surface area contributed by atoms with Crippen LogP contribution in [0.25, 0.3) is 5.69 Å². The van der Waals surface area contributed by atoms with Crippen LogP contribution in [0.15, 0.2) is 18.2 Å². The number of hydrogen-bond donors (Lipinski definition) is 1. The van der Waals surface area contributed by atoms with Crippen molar-refractivity contribution in [1.82, 2.24) is 19.7 Å². The standard InChI is InChI=1S/C17H18Cl2N4O3/c1-10-20-16(21-23(10)15-12(18)3-2-4-13(15)19)17(26)22-7-5-11(6-8-22)9-14(24)25/h2-4,11H,5-9H2,1H3,(H,24,25). The third kappa shape index (κ3) is 3.83. The van der Waals surface area contributed by atoms with E-state index in [9.17, 15) is 9.59 Å². The molecule has 0 spiro atoms. The predicted molar refractivity (Wildman–Crippen MR) is 97.0 cm³/mol. The number of aryl methyl sites for hydroxylation is 1. The molecule has 1 amide bonds. The molecule has 0 radical (unpaired) electrons. The van der Waals surface area contributed by atoms with Crippen molar-refractivity contribution in [1.29, 1.82) is 0 Å².